The summed E-state index contributed by atoms with van der Waals surface area (Å²) >= 11 is 0. The van der Waals surface area contributed by atoms with E-state index in [1.807, 2.05) is 0 Å². The van der Waals surface area contributed by atoms with Crippen LogP contribution in [0.15, 0.2) is 12.3 Å². The summed E-state index contributed by atoms with van der Waals surface area (Å²) in [6, 6.07) is 1.08. The van der Waals surface area contributed by atoms with Gasteiger partial charge in [-0.1, -0.05) is 0 Å². The number of anilines is 1. The Balaban J connectivity index is 2.32. The van der Waals surface area contributed by atoms with Crippen LogP contribution in [0.1, 0.15) is 16.8 Å². The largest absolute Gasteiger partial charge is 0.478 e. The van der Waals surface area contributed by atoms with E-state index < -0.39 is 27.2 Å². The fourth-order valence-electron chi connectivity index (χ4n) is 1.97. The van der Waals surface area contributed by atoms with Crippen molar-refractivity contribution in [3.8, 4) is 0 Å². The Hall–Kier alpha value is -1.70. The van der Waals surface area contributed by atoms with Crippen molar-refractivity contribution in [2.75, 3.05) is 29.5 Å². The molecule has 0 atom stereocenters. The molecule has 0 aliphatic carbocycles. The third-order valence-corrected chi connectivity index (χ3v) is 4.67. The van der Waals surface area contributed by atoms with Gasteiger partial charge in [0.15, 0.2) is 21.5 Å². The third kappa shape index (κ3) is 3.01. The Kier molecular flexibility index (Phi) is 3.70. The van der Waals surface area contributed by atoms with Crippen molar-refractivity contribution in [2.45, 2.75) is 6.42 Å². The summed E-state index contributed by atoms with van der Waals surface area (Å²) in [5.41, 5.74) is -0.461. The number of aromatic carboxylic acids is 1. The molecular formula is C11H13FN2O4S. The Morgan fingerprint density at radius 2 is 2.11 bits per heavy atom. The molecule has 1 saturated heterocycles. The smallest absolute Gasteiger partial charge is 0.338 e. The minimum Gasteiger partial charge on any atom is -0.478 e. The number of pyridine rings is 1. The molecule has 0 aromatic carbocycles. The zero-order valence-corrected chi connectivity index (χ0v) is 10.9. The van der Waals surface area contributed by atoms with Crippen LogP contribution in [0.4, 0.5) is 10.2 Å². The standard InChI is InChI=1S/C11H13FN2O4S/c12-9-8(11(15)16)2-3-13-10(9)14-4-1-6-19(17,18)7-5-14/h2-3H,1,4-7H2,(H,15,16). The number of aromatic nitrogens is 1. The second-order valence-electron chi connectivity index (χ2n) is 4.29. The highest BCUT2D eigenvalue weighted by Crippen LogP contribution is 2.21. The average Bonchev–Trinajstić information content (AvgIpc) is 2.50. The first-order valence-corrected chi connectivity index (χ1v) is 7.56. The predicted molar refractivity (Wildman–Crippen MR) is 66.6 cm³/mol. The van der Waals surface area contributed by atoms with Crippen LogP contribution in [0, 0.1) is 5.82 Å². The monoisotopic (exact) mass is 288 g/mol. The summed E-state index contributed by atoms with van der Waals surface area (Å²) in [7, 11) is -3.11. The maximum absolute atomic E-state index is 14.0. The maximum atomic E-state index is 14.0. The molecule has 1 aliphatic heterocycles. The van der Waals surface area contributed by atoms with Gasteiger partial charge in [-0.2, -0.15) is 0 Å². The van der Waals surface area contributed by atoms with Gasteiger partial charge in [-0.3, -0.25) is 0 Å². The van der Waals surface area contributed by atoms with Gasteiger partial charge in [0.1, 0.15) is 5.56 Å². The molecule has 1 aromatic heterocycles. The van der Waals surface area contributed by atoms with E-state index in [0.29, 0.717) is 13.0 Å². The summed E-state index contributed by atoms with van der Waals surface area (Å²) in [6.07, 6.45) is 1.59. The second-order valence-corrected chi connectivity index (χ2v) is 6.60. The number of carboxylic acid groups (broad SMARTS) is 1. The number of carbonyl (C=O) groups is 1. The van der Waals surface area contributed by atoms with Crippen molar-refractivity contribution < 1.29 is 22.7 Å². The molecule has 0 unspecified atom stereocenters. The fourth-order valence-corrected chi connectivity index (χ4v) is 3.24. The van der Waals surface area contributed by atoms with Crippen molar-refractivity contribution in [1.82, 2.24) is 4.98 Å². The van der Waals surface area contributed by atoms with E-state index in [1.165, 1.54) is 11.1 Å². The Bertz CT molecular complexity index is 603. The fraction of sp³-hybridized carbons (Fsp3) is 0.455. The van der Waals surface area contributed by atoms with Crippen LogP contribution in [0.3, 0.4) is 0 Å². The van der Waals surface area contributed by atoms with E-state index in [9.17, 15) is 17.6 Å². The third-order valence-electron chi connectivity index (χ3n) is 2.96. The molecule has 1 fully saturated rings. The van der Waals surface area contributed by atoms with Crippen molar-refractivity contribution in [3.63, 3.8) is 0 Å². The summed E-state index contributed by atoms with van der Waals surface area (Å²) in [6.45, 7) is 0.460. The highest BCUT2D eigenvalue weighted by molar-refractivity contribution is 7.91. The molecule has 2 heterocycles. The lowest BCUT2D eigenvalue weighted by molar-refractivity contribution is 0.0691. The molecule has 6 nitrogen and oxygen atoms in total. The molecule has 0 saturated carbocycles. The normalized spacial score (nSPS) is 18.9. The molecule has 2 rings (SSSR count). The summed E-state index contributed by atoms with van der Waals surface area (Å²) < 4.78 is 36.9. The molecule has 19 heavy (non-hydrogen) atoms. The van der Waals surface area contributed by atoms with E-state index in [0.717, 1.165) is 6.07 Å². The predicted octanol–water partition coefficient (Wildman–Crippen LogP) is 0.544. The number of carboxylic acids is 1. The summed E-state index contributed by atoms with van der Waals surface area (Å²) in [5.74, 6) is -2.41. The number of hydrogen-bond donors (Lipinski definition) is 1. The quantitative estimate of drug-likeness (QED) is 0.854. The summed E-state index contributed by atoms with van der Waals surface area (Å²) in [4.78, 5) is 16.2. The van der Waals surface area contributed by atoms with Crippen molar-refractivity contribution in [2.24, 2.45) is 0 Å². The van der Waals surface area contributed by atoms with Gasteiger partial charge in [-0.15, -0.1) is 0 Å². The Labute approximate surface area is 109 Å². The number of hydrogen-bond acceptors (Lipinski definition) is 5. The van der Waals surface area contributed by atoms with E-state index >= 15 is 0 Å². The van der Waals surface area contributed by atoms with Crippen LogP contribution in [-0.4, -0.2) is 49.1 Å². The Morgan fingerprint density at radius 3 is 2.79 bits per heavy atom. The Morgan fingerprint density at radius 1 is 1.37 bits per heavy atom. The molecule has 1 N–H and O–H groups in total. The van der Waals surface area contributed by atoms with Crippen LogP contribution >= 0.6 is 0 Å². The van der Waals surface area contributed by atoms with E-state index in [1.54, 1.807) is 0 Å². The van der Waals surface area contributed by atoms with Gasteiger partial charge < -0.3 is 10.0 Å². The van der Waals surface area contributed by atoms with Crippen LogP contribution in [0.2, 0.25) is 0 Å². The first-order valence-electron chi connectivity index (χ1n) is 5.74. The number of sulfone groups is 1. The van der Waals surface area contributed by atoms with Crippen molar-refractivity contribution in [3.05, 3.63) is 23.6 Å². The molecule has 8 heteroatoms. The van der Waals surface area contributed by atoms with Gasteiger partial charge in [0, 0.05) is 19.3 Å². The SMILES string of the molecule is O=C(O)c1ccnc(N2CCCS(=O)(=O)CC2)c1F. The molecule has 104 valence electrons. The molecular weight excluding hydrogens is 275 g/mol. The molecule has 1 aromatic rings. The molecule has 0 amide bonds. The van der Waals surface area contributed by atoms with Gasteiger partial charge in [0.25, 0.3) is 0 Å². The molecule has 0 radical (unpaired) electrons. The van der Waals surface area contributed by atoms with Gasteiger partial charge in [0.05, 0.1) is 11.5 Å². The molecule has 1 aliphatic rings. The van der Waals surface area contributed by atoms with E-state index in [4.69, 9.17) is 5.11 Å². The highest BCUT2D eigenvalue weighted by atomic mass is 32.2. The minimum absolute atomic E-state index is 0.0593. The van der Waals surface area contributed by atoms with Crippen LogP contribution in [0.25, 0.3) is 0 Å². The van der Waals surface area contributed by atoms with Gasteiger partial charge in [-0.05, 0) is 12.5 Å². The first-order chi connectivity index (χ1) is 8.91. The topological polar surface area (TPSA) is 87.6 Å². The lowest BCUT2D eigenvalue weighted by atomic mass is 10.2. The van der Waals surface area contributed by atoms with Crippen LogP contribution in [-0.2, 0) is 9.84 Å². The maximum Gasteiger partial charge on any atom is 0.338 e. The zero-order chi connectivity index (χ0) is 14.0. The van der Waals surface area contributed by atoms with Gasteiger partial charge >= 0.3 is 5.97 Å². The molecule has 0 bridgehead atoms. The minimum atomic E-state index is -3.11. The van der Waals surface area contributed by atoms with Gasteiger partial charge in [-0.25, -0.2) is 22.6 Å². The zero-order valence-electron chi connectivity index (χ0n) is 10.0. The van der Waals surface area contributed by atoms with Crippen molar-refractivity contribution >= 4 is 21.6 Å². The lowest BCUT2D eigenvalue weighted by Gasteiger charge is -2.21. The first kappa shape index (κ1) is 13.7. The van der Waals surface area contributed by atoms with Crippen molar-refractivity contribution in [1.29, 1.82) is 0 Å². The van der Waals surface area contributed by atoms with Crippen LogP contribution in [0.5, 0.6) is 0 Å². The lowest BCUT2D eigenvalue weighted by Crippen LogP contribution is -2.29. The van der Waals surface area contributed by atoms with E-state index in [-0.39, 0.29) is 23.9 Å². The number of rotatable bonds is 2. The van der Waals surface area contributed by atoms with Crippen LogP contribution < -0.4 is 4.90 Å². The second kappa shape index (κ2) is 5.12. The average molecular weight is 288 g/mol. The number of nitrogens with zero attached hydrogens (tertiary/aromatic N) is 2. The van der Waals surface area contributed by atoms with Gasteiger partial charge in [0.2, 0.25) is 0 Å². The number of halogens is 1. The molecule has 0 spiro atoms. The van der Waals surface area contributed by atoms with E-state index in [2.05, 4.69) is 4.98 Å². The highest BCUT2D eigenvalue weighted by Gasteiger charge is 2.24. The summed E-state index contributed by atoms with van der Waals surface area (Å²) in [5, 5.41) is 8.84.